The van der Waals surface area contributed by atoms with E-state index < -0.39 is 40.5 Å². The molecule has 2 aliphatic heterocycles. The number of carbonyl (C=O) groups is 1. The summed E-state index contributed by atoms with van der Waals surface area (Å²) in [6, 6.07) is 7.93. The maximum atomic E-state index is 12.8. The minimum atomic E-state index is -4.61. The molecule has 1 fully saturated rings. The van der Waals surface area contributed by atoms with Crippen LogP contribution in [0.3, 0.4) is 0 Å². The summed E-state index contributed by atoms with van der Waals surface area (Å²) >= 11 is 7.78. The Labute approximate surface area is 247 Å². The van der Waals surface area contributed by atoms with Crippen molar-refractivity contribution in [2.45, 2.75) is 43.2 Å². The number of hydrogen-bond donors (Lipinski definition) is 0. The molecule has 42 heavy (non-hydrogen) atoms. The quantitative estimate of drug-likeness (QED) is 0.316. The third kappa shape index (κ3) is 7.19. The average molecular weight is 644 g/mol. The van der Waals surface area contributed by atoms with Gasteiger partial charge < -0.3 is 19.0 Å². The lowest BCUT2D eigenvalue weighted by atomic mass is 9.97. The summed E-state index contributed by atoms with van der Waals surface area (Å²) in [6.45, 7) is 0.443. The Morgan fingerprint density at radius 1 is 1.17 bits per heavy atom. The van der Waals surface area contributed by atoms with Crippen LogP contribution in [0, 0.1) is 0 Å². The zero-order valence-electron chi connectivity index (χ0n) is 21.7. The number of hydrogen-bond acceptors (Lipinski definition) is 10. The van der Waals surface area contributed by atoms with Gasteiger partial charge in [0.2, 0.25) is 5.88 Å². The van der Waals surface area contributed by atoms with Crippen molar-refractivity contribution in [3.05, 3.63) is 74.3 Å². The number of carbonyl (C=O) groups excluding carboxylic acids is 1. The normalized spacial score (nSPS) is 18.1. The molecule has 0 saturated carbocycles. The second kappa shape index (κ2) is 12.1. The fourth-order valence-corrected chi connectivity index (χ4v) is 6.75. The van der Waals surface area contributed by atoms with Crippen LogP contribution in [0.1, 0.15) is 58.8 Å². The van der Waals surface area contributed by atoms with Gasteiger partial charge in [-0.15, -0.1) is 11.3 Å². The van der Waals surface area contributed by atoms with Gasteiger partial charge in [0.25, 0.3) is 5.91 Å². The lowest BCUT2D eigenvalue weighted by molar-refractivity contribution is -0.141. The fourth-order valence-electron chi connectivity index (χ4n) is 4.81. The minimum Gasteiger partial charge on any atom is -0.748 e. The average Bonchev–Trinajstić information content (AvgIpc) is 3.61. The maximum Gasteiger partial charge on any atom is 0.433 e. The number of amides is 1. The van der Waals surface area contributed by atoms with Gasteiger partial charge in [0, 0.05) is 47.5 Å². The zero-order valence-corrected chi connectivity index (χ0v) is 24.1. The van der Waals surface area contributed by atoms with Crippen molar-refractivity contribution in [1.82, 2.24) is 14.9 Å². The number of halogens is 4. The van der Waals surface area contributed by atoms with Crippen LogP contribution in [0.4, 0.5) is 13.2 Å². The van der Waals surface area contributed by atoms with E-state index in [0.29, 0.717) is 42.9 Å². The molecule has 1 atom stereocenters. The van der Waals surface area contributed by atoms with E-state index in [9.17, 15) is 30.9 Å². The molecule has 1 saturated heterocycles. The van der Waals surface area contributed by atoms with Gasteiger partial charge in [-0.05, 0) is 30.5 Å². The third-order valence-electron chi connectivity index (χ3n) is 6.84. The van der Waals surface area contributed by atoms with Crippen LogP contribution in [0.5, 0.6) is 5.88 Å². The van der Waals surface area contributed by atoms with E-state index in [4.69, 9.17) is 26.2 Å². The summed E-state index contributed by atoms with van der Waals surface area (Å²) in [4.78, 5) is 27.9. The van der Waals surface area contributed by atoms with Crippen LogP contribution in [0.25, 0.3) is 0 Å². The second-order valence-corrected chi connectivity index (χ2v) is 12.4. The van der Waals surface area contributed by atoms with Gasteiger partial charge in [0.15, 0.2) is 12.7 Å². The molecule has 0 N–H and O–H groups in total. The number of oxime groups is 1. The summed E-state index contributed by atoms with van der Waals surface area (Å²) in [5.74, 6) is -1.24. The van der Waals surface area contributed by atoms with Crippen molar-refractivity contribution in [2.75, 3.05) is 19.7 Å². The number of rotatable bonds is 8. The van der Waals surface area contributed by atoms with Crippen LogP contribution in [-0.2, 0) is 31.7 Å². The molecule has 10 nitrogen and oxygen atoms in total. The van der Waals surface area contributed by atoms with E-state index in [-0.39, 0.29) is 34.7 Å². The van der Waals surface area contributed by atoms with Gasteiger partial charge in [-0.2, -0.15) is 13.2 Å². The first-order chi connectivity index (χ1) is 19.9. The van der Waals surface area contributed by atoms with Crippen LogP contribution >= 0.6 is 22.9 Å². The Morgan fingerprint density at radius 3 is 2.62 bits per heavy atom. The zero-order chi connectivity index (χ0) is 30.1. The smallest absolute Gasteiger partial charge is 0.433 e. The predicted molar refractivity (Wildman–Crippen MR) is 145 cm³/mol. The molecule has 3 aromatic rings. The van der Waals surface area contributed by atoms with E-state index in [0.717, 1.165) is 11.1 Å². The highest BCUT2D eigenvalue weighted by atomic mass is 35.5. The Morgan fingerprint density at radius 2 is 1.90 bits per heavy atom. The minimum absolute atomic E-state index is 0.0926. The first kappa shape index (κ1) is 30.2. The molecule has 2 aliphatic rings. The standard InChI is InChI=1S/C26H24ClF3N4O6S2/c27-17-4-1-3-16(14-42(36,37)38)24(17)20-11-18(33-40-20)19-13-41-25(31-19)15-7-9-34(10-8-15)23(35)12-39-22-6-2-5-21(32-22)26(28,29)30/h1-6,13,15,20H,7-12,14H2,(H,36,37,38)/p-1. The molecule has 0 radical (unpaired) electrons. The highest BCUT2D eigenvalue weighted by Crippen LogP contribution is 2.38. The summed E-state index contributed by atoms with van der Waals surface area (Å²) in [6.07, 6.45) is -3.72. The number of piperidine rings is 1. The molecular formula is C26H23ClF3N4O6S2-. The van der Waals surface area contributed by atoms with Gasteiger partial charge in [-0.1, -0.05) is 35.0 Å². The van der Waals surface area contributed by atoms with Crippen molar-refractivity contribution in [2.24, 2.45) is 5.16 Å². The van der Waals surface area contributed by atoms with Gasteiger partial charge in [0.05, 0.1) is 26.6 Å². The highest BCUT2D eigenvalue weighted by molar-refractivity contribution is 7.84. The fraction of sp³-hybridized carbons (Fsp3) is 0.385. The number of aromatic nitrogens is 2. The van der Waals surface area contributed by atoms with Crippen molar-refractivity contribution < 1.29 is 40.5 Å². The SMILES string of the molecule is O=C(COc1cccc(C(F)(F)F)n1)N1CCC(c2nc(C3=NOC(c4c(Cl)cccc4CS(=O)(=O)[O-])C3)cs2)CC1. The van der Waals surface area contributed by atoms with E-state index in [1.807, 2.05) is 5.38 Å². The molecule has 5 rings (SSSR count). The van der Waals surface area contributed by atoms with E-state index in [2.05, 4.69) is 10.1 Å². The molecule has 1 amide bonds. The van der Waals surface area contributed by atoms with Crippen LogP contribution < -0.4 is 4.74 Å². The van der Waals surface area contributed by atoms with Crippen molar-refractivity contribution in [3.63, 3.8) is 0 Å². The van der Waals surface area contributed by atoms with Gasteiger partial charge in [-0.25, -0.2) is 18.4 Å². The molecule has 0 aliphatic carbocycles. The molecule has 0 spiro atoms. The third-order valence-corrected chi connectivity index (χ3v) is 8.84. The molecule has 1 aromatic carbocycles. The van der Waals surface area contributed by atoms with Crippen molar-refractivity contribution >= 4 is 44.7 Å². The largest absolute Gasteiger partial charge is 0.748 e. The van der Waals surface area contributed by atoms with Crippen LogP contribution in [0.2, 0.25) is 5.02 Å². The van der Waals surface area contributed by atoms with Gasteiger partial charge in [-0.3, -0.25) is 4.79 Å². The Hall–Kier alpha value is -3.27. The van der Waals surface area contributed by atoms with Crippen molar-refractivity contribution in [1.29, 1.82) is 0 Å². The van der Waals surface area contributed by atoms with Crippen LogP contribution in [-0.4, -0.2) is 59.2 Å². The Bertz CT molecular complexity index is 1610. The topological polar surface area (TPSA) is 134 Å². The number of alkyl halides is 3. The molecule has 16 heteroatoms. The van der Waals surface area contributed by atoms with Crippen LogP contribution in [0.15, 0.2) is 46.9 Å². The highest BCUT2D eigenvalue weighted by Gasteiger charge is 2.33. The number of likely N-dealkylation sites (tertiary alicyclic amines) is 1. The number of ether oxygens (including phenoxy) is 1. The summed E-state index contributed by atoms with van der Waals surface area (Å²) in [5, 5.41) is 7.13. The number of pyridine rings is 1. The molecule has 224 valence electrons. The Kier molecular flexibility index (Phi) is 8.73. The first-order valence-electron chi connectivity index (χ1n) is 12.7. The van der Waals surface area contributed by atoms with Crippen molar-refractivity contribution in [3.8, 4) is 5.88 Å². The molecular weight excluding hydrogens is 621 g/mol. The van der Waals surface area contributed by atoms with Gasteiger partial charge in [0.1, 0.15) is 11.4 Å². The molecule has 4 heterocycles. The monoisotopic (exact) mass is 643 g/mol. The maximum absolute atomic E-state index is 12.8. The Balaban J connectivity index is 1.15. The lowest BCUT2D eigenvalue weighted by Crippen LogP contribution is -2.40. The first-order valence-corrected chi connectivity index (χ1v) is 15.5. The number of thiazole rings is 1. The second-order valence-electron chi connectivity index (χ2n) is 9.72. The van der Waals surface area contributed by atoms with Gasteiger partial charge >= 0.3 is 6.18 Å². The van der Waals surface area contributed by atoms with E-state index in [1.54, 1.807) is 17.0 Å². The summed E-state index contributed by atoms with van der Waals surface area (Å²) < 4.78 is 77.9. The summed E-state index contributed by atoms with van der Waals surface area (Å²) in [5.41, 5.74) is 0.743. The predicted octanol–water partition coefficient (Wildman–Crippen LogP) is 4.91. The van der Waals surface area contributed by atoms with E-state index >= 15 is 0 Å². The number of benzene rings is 1. The molecule has 1 unspecified atom stereocenters. The van der Waals surface area contributed by atoms with E-state index in [1.165, 1.54) is 29.5 Å². The number of nitrogens with zero attached hydrogens (tertiary/aromatic N) is 4. The molecule has 0 bridgehead atoms. The summed E-state index contributed by atoms with van der Waals surface area (Å²) in [7, 11) is -4.54. The molecule has 2 aromatic heterocycles. The lowest BCUT2D eigenvalue weighted by Gasteiger charge is -2.31.